The predicted molar refractivity (Wildman–Crippen MR) is 123 cm³/mol. The maximum absolute atomic E-state index is 13.3. The summed E-state index contributed by atoms with van der Waals surface area (Å²) >= 11 is 7.33. The van der Waals surface area contributed by atoms with E-state index in [-0.39, 0.29) is 22.8 Å². The molecule has 1 unspecified atom stereocenters. The summed E-state index contributed by atoms with van der Waals surface area (Å²) in [5.41, 5.74) is 1.13. The quantitative estimate of drug-likeness (QED) is 0.448. The Morgan fingerprint density at radius 3 is 2.57 bits per heavy atom. The molecule has 1 heterocycles. The second-order valence-electron chi connectivity index (χ2n) is 7.63. The highest BCUT2D eigenvalue weighted by Gasteiger charge is 2.23. The monoisotopic (exact) mass is 441 g/mol. The third-order valence-electron chi connectivity index (χ3n) is 5.43. The van der Waals surface area contributed by atoms with Crippen LogP contribution in [-0.2, 0) is 4.79 Å². The van der Waals surface area contributed by atoms with E-state index in [9.17, 15) is 9.59 Å². The van der Waals surface area contributed by atoms with Crippen molar-refractivity contribution in [1.29, 1.82) is 0 Å². The first kappa shape index (κ1) is 20.9. The van der Waals surface area contributed by atoms with Crippen molar-refractivity contribution in [2.24, 2.45) is 0 Å². The van der Waals surface area contributed by atoms with E-state index in [2.05, 4.69) is 5.32 Å². The van der Waals surface area contributed by atoms with Gasteiger partial charge in [0.25, 0.3) is 5.56 Å². The van der Waals surface area contributed by atoms with Gasteiger partial charge in [0.2, 0.25) is 5.91 Å². The molecule has 1 atom stereocenters. The van der Waals surface area contributed by atoms with Gasteiger partial charge in [-0.05, 0) is 56.2 Å². The van der Waals surface area contributed by atoms with E-state index in [0.29, 0.717) is 26.8 Å². The van der Waals surface area contributed by atoms with Gasteiger partial charge in [0.1, 0.15) is 0 Å². The molecule has 30 heavy (non-hydrogen) atoms. The van der Waals surface area contributed by atoms with Crippen LogP contribution in [0.4, 0.5) is 0 Å². The molecule has 1 saturated carbocycles. The van der Waals surface area contributed by atoms with Crippen LogP contribution in [0.15, 0.2) is 58.5 Å². The lowest BCUT2D eigenvalue weighted by Gasteiger charge is -2.24. The first-order valence-corrected chi connectivity index (χ1v) is 11.5. The molecule has 0 bridgehead atoms. The van der Waals surface area contributed by atoms with Crippen molar-refractivity contribution in [2.45, 2.75) is 55.5 Å². The van der Waals surface area contributed by atoms with Crippen molar-refractivity contribution in [3.8, 4) is 5.69 Å². The van der Waals surface area contributed by atoms with Crippen LogP contribution in [0.2, 0.25) is 5.02 Å². The van der Waals surface area contributed by atoms with Gasteiger partial charge in [0.05, 0.1) is 21.8 Å². The number of benzene rings is 2. The van der Waals surface area contributed by atoms with E-state index in [0.717, 1.165) is 25.7 Å². The van der Waals surface area contributed by atoms with Gasteiger partial charge in [-0.3, -0.25) is 14.2 Å². The standard InChI is InChI=1S/C23H24ClN3O2S/c1-15(21(28)25-17-7-3-2-4-8-17)30-23-26-20-10-6-5-9-19(20)22(29)27(23)18-13-11-16(24)12-14-18/h5-6,9-15,17H,2-4,7-8H2,1H3,(H,25,28). The molecular formula is C23H24ClN3O2S. The maximum atomic E-state index is 13.3. The summed E-state index contributed by atoms with van der Waals surface area (Å²) in [6, 6.07) is 14.6. The van der Waals surface area contributed by atoms with E-state index < -0.39 is 0 Å². The van der Waals surface area contributed by atoms with E-state index in [1.165, 1.54) is 18.2 Å². The Bertz CT molecular complexity index is 1110. The zero-order chi connectivity index (χ0) is 21.1. The number of hydrogen-bond donors (Lipinski definition) is 1. The SMILES string of the molecule is CC(Sc1nc2ccccc2c(=O)n1-c1ccc(Cl)cc1)C(=O)NC1CCCCC1. The fraction of sp³-hybridized carbons (Fsp3) is 0.348. The van der Waals surface area contributed by atoms with Gasteiger partial charge in [-0.2, -0.15) is 0 Å². The number of nitrogens with zero attached hydrogens (tertiary/aromatic N) is 2. The minimum absolute atomic E-state index is 0.0167. The highest BCUT2D eigenvalue weighted by Crippen LogP contribution is 2.26. The second kappa shape index (κ2) is 9.23. The van der Waals surface area contributed by atoms with Crippen LogP contribution in [0, 0.1) is 0 Å². The number of carbonyl (C=O) groups is 1. The van der Waals surface area contributed by atoms with Crippen molar-refractivity contribution in [3.05, 3.63) is 63.9 Å². The Kier molecular flexibility index (Phi) is 6.44. The number of carbonyl (C=O) groups excluding carboxylic acids is 1. The Morgan fingerprint density at radius 1 is 1.13 bits per heavy atom. The minimum Gasteiger partial charge on any atom is -0.352 e. The van der Waals surface area contributed by atoms with Crippen LogP contribution in [0.3, 0.4) is 0 Å². The van der Waals surface area contributed by atoms with E-state index in [1.807, 2.05) is 25.1 Å². The Morgan fingerprint density at radius 2 is 1.83 bits per heavy atom. The molecule has 1 aliphatic carbocycles. The number of thioether (sulfide) groups is 1. The largest absolute Gasteiger partial charge is 0.352 e. The zero-order valence-electron chi connectivity index (χ0n) is 16.8. The highest BCUT2D eigenvalue weighted by atomic mass is 35.5. The fourth-order valence-electron chi connectivity index (χ4n) is 3.79. The summed E-state index contributed by atoms with van der Waals surface area (Å²) in [7, 11) is 0. The molecule has 0 saturated heterocycles. The van der Waals surface area contributed by atoms with E-state index >= 15 is 0 Å². The van der Waals surface area contributed by atoms with E-state index in [1.54, 1.807) is 34.9 Å². The Hall–Kier alpha value is -2.31. The van der Waals surface area contributed by atoms with Crippen molar-refractivity contribution in [3.63, 3.8) is 0 Å². The van der Waals surface area contributed by atoms with Crippen LogP contribution < -0.4 is 10.9 Å². The number of amides is 1. The molecule has 1 aliphatic rings. The third kappa shape index (κ3) is 4.55. The molecule has 0 radical (unpaired) electrons. The maximum Gasteiger partial charge on any atom is 0.266 e. The summed E-state index contributed by atoms with van der Waals surface area (Å²) in [6.45, 7) is 1.86. The summed E-state index contributed by atoms with van der Waals surface area (Å²) < 4.78 is 1.56. The van der Waals surface area contributed by atoms with Gasteiger partial charge in [-0.15, -0.1) is 0 Å². The predicted octanol–water partition coefficient (Wildman–Crippen LogP) is 4.97. The molecule has 5 nitrogen and oxygen atoms in total. The number of aromatic nitrogens is 2. The van der Waals surface area contributed by atoms with Crippen molar-refractivity contribution in [2.75, 3.05) is 0 Å². The topological polar surface area (TPSA) is 64.0 Å². The van der Waals surface area contributed by atoms with Crippen molar-refractivity contribution < 1.29 is 4.79 Å². The first-order chi connectivity index (χ1) is 14.5. The zero-order valence-corrected chi connectivity index (χ0v) is 18.4. The summed E-state index contributed by atoms with van der Waals surface area (Å²) in [6.07, 6.45) is 5.63. The molecule has 156 valence electrons. The van der Waals surface area contributed by atoms with Crippen molar-refractivity contribution >= 4 is 40.2 Å². The average Bonchev–Trinajstić information content (AvgIpc) is 2.76. The molecule has 3 aromatic rings. The number of nitrogens with one attached hydrogen (secondary N) is 1. The number of fused-ring (bicyclic) bond motifs is 1. The molecule has 0 spiro atoms. The van der Waals surface area contributed by atoms with Gasteiger partial charge < -0.3 is 5.32 Å². The molecule has 1 fully saturated rings. The Labute approximate surface area is 184 Å². The van der Waals surface area contributed by atoms with Crippen LogP contribution >= 0.6 is 23.4 Å². The normalized spacial score (nSPS) is 15.8. The first-order valence-electron chi connectivity index (χ1n) is 10.3. The van der Waals surface area contributed by atoms with Gasteiger partial charge in [-0.1, -0.05) is 54.8 Å². The number of hydrogen-bond acceptors (Lipinski definition) is 4. The Balaban J connectivity index is 1.68. The third-order valence-corrected chi connectivity index (χ3v) is 6.74. The molecular weight excluding hydrogens is 418 g/mol. The fourth-order valence-corrected chi connectivity index (χ4v) is 4.85. The lowest BCUT2D eigenvalue weighted by molar-refractivity contribution is -0.121. The van der Waals surface area contributed by atoms with Crippen LogP contribution in [0.5, 0.6) is 0 Å². The van der Waals surface area contributed by atoms with Gasteiger partial charge >= 0.3 is 0 Å². The van der Waals surface area contributed by atoms with Gasteiger partial charge in [0, 0.05) is 11.1 Å². The summed E-state index contributed by atoms with van der Waals surface area (Å²) in [5.74, 6) is -0.0167. The molecule has 1 amide bonds. The molecule has 0 aliphatic heterocycles. The van der Waals surface area contributed by atoms with E-state index in [4.69, 9.17) is 16.6 Å². The number of para-hydroxylation sites is 1. The average molecular weight is 442 g/mol. The van der Waals surface area contributed by atoms with Crippen molar-refractivity contribution in [1.82, 2.24) is 14.9 Å². The molecule has 2 aromatic carbocycles. The number of halogens is 1. The van der Waals surface area contributed by atoms with Crippen LogP contribution in [0.25, 0.3) is 16.6 Å². The minimum atomic E-state index is -0.376. The molecule has 1 N–H and O–H groups in total. The summed E-state index contributed by atoms with van der Waals surface area (Å²) in [4.78, 5) is 30.8. The van der Waals surface area contributed by atoms with Gasteiger partial charge in [-0.25, -0.2) is 4.98 Å². The van der Waals surface area contributed by atoms with Gasteiger partial charge in [0.15, 0.2) is 5.16 Å². The number of rotatable bonds is 5. The smallest absolute Gasteiger partial charge is 0.266 e. The lowest BCUT2D eigenvalue weighted by Crippen LogP contribution is -2.40. The van der Waals surface area contributed by atoms with Crippen LogP contribution in [-0.4, -0.2) is 26.8 Å². The lowest BCUT2D eigenvalue weighted by atomic mass is 9.95. The van der Waals surface area contributed by atoms with Crippen LogP contribution in [0.1, 0.15) is 39.0 Å². The highest BCUT2D eigenvalue weighted by molar-refractivity contribution is 8.00. The molecule has 7 heteroatoms. The molecule has 4 rings (SSSR count). The summed E-state index contributed by atoms with van der Waals surface area (Å²) in [5, 5.41) is 4.41. The molecule has 1 aromatic heterocycles. The second-order valence-corrected chi connectivity index (χ2v) is 9.38.